The maximum atomic E-state index is 12.9. The fourth-order valence-corrected chi connectivity index (χ4v) is 2.56. The van der Waals surface area contributed by atoms with Gasteiger partial charge in [-0.3, -0.25) is 4.79 Å². The Hall–Kier alpha value is -0.940. The van der Waals surface area contributed by atoms with Crippen molar-refractivity contribution < 1.29 is 9.18 Å². The molecule has 1 aliphatic heterocycles. The number of halogens is 2. The van der Waals surface area contributed by atoms with Gasteiger partial charge in [0.2, 0.25) is 0 Å². The van der Waals surface area contributed by atoms with Gasteiger partial charge in [-0.1, -0.05) is 0 Å². The fraction of sp³-hybridized carbons (Fsp3) is 0.417. The van der Waals surface area contributed by atoms with Crippen LogP contribution in [0.2, 0.25) is 0 Å². The van der Waals surface area contributed by atoms with Gasteiger partial charge in [0, 0.05) is 17.6 Å². The van der Waals surface area contributed by atoms with E-state index in [2.05, 4.69) is 15.9 Å². The molecule has 1 saturated heterocycles. The summed E-state index contributed by atoms with van der Waals surface area (Å²) in [6, 6.07) is 4.12. The maximum absolute atomic E-state index is 12.9. The van der Waals surface area contributed by atoms with Gasteiger partial charge in [0.25, 0.3) is 5.91 Å². The lowest BCUT2D eigenvalue weighted by Gasteiger charge is -2.17. The van der Waals surface area contributed by atoms with Gasteiger partial charge in [-0.15, -0.1) is 0 Å². The third-order valence-electron chi connectivity index (χ3n) is 3.07. The van der Waals surface area contributed by atoms with Crippen molar-refractivity contribution in [3.05, 3.63) is 34.1 Å². The summed E-state index contributed by atoms with van der Waals surface area (Å²) >= 11 is 3.21. The normalized spacial score (nSPS) is 19.7. The van der Waals surface area contributed by atoms with Crippen LogP contribution in [0, 0.1) is 11.7 Å². The summed E-state index contributed by atoms with van der Waals surface area (Å²) in [6.07, 6.45) is 0.945. The molecule has 92 valence electrons. The van der Waals surface area contributed by atoms with Crippen molar-refractivity contribution in [3.8, 4) is 0 Å². The first-order chi connectivity index (χ1) is 8.11. The van der Waals surface area contributed by atoms with Gasteiger partial charge in [0.1, 0.15) is 5.82 Å². The van der Waals surface area contributed by atoms with Crippen molar-refractivity contribution >= 4 is 21.8 Å². The number of likely N-dealkylation sites (tertiary alicyclic amines) is 1. The first kappa shape index (κ1) is 12.5. The number of nitrogens with zero attached hydrogens (tertiary/aromatic N) is 1. The lowest BCUT2D eigenvalue weighted by Crippen LogP contribution is -2.30. The van der Waals surface area contributed by atoms with Crippen LogP contribution in [-0.2, 0) is 0 Å². The molecule has 1 aliphatic rings. The second-order valence-corrected chi connectivity index (χ2v) is 5.12. The molecular formula is C12H14BrFN2O. The molecule has 0 bridgehead atoms. The van der Waals surface area contributed by atoms with E-state index in [1.165, 1.54) is 18.2 Å². The highest BCUT2D eigenvalue weighted by Crippen LogP contribution is 2.23. The average Bonchev–Trinajstić information content (AvgIpc) is 2.76. The van der Waals surface area contributed by atoms with Crippen molar-refractivity contribution in [1.29, 1.82) is 0 Å². The van der Waals surface area contributed by atoms with Gasteiger partial charge in [-0.05, 0) is 53.0 Å². The van der Waals surface area contributed by atoms with Gasteiger partial charge in [0.15, 0.2) is 0 Å². The highest BCUT2D eigenvalue weighted by atomic mass is 79.9. The van der Waals surface area contributed by atoms with E-state index in [0.29, 0.717) is 29.0 Å². The minimum absolute atomic E-state index is 0.0622. The summed E-state index contributed by atoms with van der Waals surface area (Å²) in [5, 5.41) is 0. The highest BCUT2D eigenvalue weighted by molar-refractivity contribution is 9.10. The summed E-state index contributed by atoms with van der Waals surface area (Å²) < 4.78 is 13.4. The molecule has 0 radical (unpaired) electrons. The van der Waals surface area contributed by atoms with Crippen molar-refractivity contribution in [2.45, 2.75) is 6.42 Å². The number of amides is 1. The quantitative estimate of drug-likeness (QED) is 0.908. The van der Waals surface area contributed by atoms with Crippen molar-refractivity contribution in [1.82, 2.24) is 4.90 Å². The molecule has 1 amide bonds. The molecular weight excluding hydrogens is 287 g/mol. The van der Waals surface area contributed by atoms with Crippen molar-refractivity contribution in [3.63, 3.8) is 0 Å². The Morgan fingerprint density at radius 1 is 1.59 bits per heavy atom. The van der Waals surface area contributed by atoms with E-state index in [-0.39, 0.29) is 11.7 Å². The van der Waals surface area contributed by atoms with Crippen molar-refractivity contribution in [2.75, 3.05) is 19.6 Å². The minimum atomic E-state index is -0.352. The largest absolute Gasteiger partial charge is 0.338 e. The smallest absolute Gasteiger partial charge is 0.255 e. The zero-order valence-electron chi connectivity index (χ0n) is 9.33. The Kier molecular flexibility index (Phi) is 3.79. The zero-order valence-corrected chi connectivity index (χ0v) is 10.9. The Labute approximate surface area is 108 Å². The van der Waals surface area contributed by atoms with Gasteiger partial charge in [0.05, 0.1) is 5.56 Å². The Bertz CT molecular complexity index is 439. The number of nitrogens with two attached hydrogens (primary N) is 1. The van der Waals surface area contributed by atoms with Crippen LogP contribution in [0.3, 0.4) is 0 Å². The van der Waals surface area contributed by atoms with E-state index < -0.39 is 0 Å². The van der Waals surface area contributed by atoms with E-state index in [1.807, 2.05) is 0 Å². The molecule has 2 rings (SSSR count). The number of benzene rings is 1. The summed E-state index contributed by atoms with van der Waals surface area (Å²) in [7, 11) is 0. The van der Waals surface area contributed by atoms with Gasteiger partial charge in [-0.25, -0.2) is 4.39 Å². The monoisotopic (exact) mass is 300 g/mol. The van der Waals surface area contributed by atoms with E-state index in [9.17, 15) is 9.18 Å². The number of rotatable bonds is 2. The molecule has 0 aromatic heterocycles. The van der Waals surface area contributed by atoms with Gasteiger partial charge in [-0.2, -0.15) is 0 Å². The average molecular weight is 301 g/mol. The molecule has 0 aliphatic carbocycles. The van der Waals surface area contributed by atoms with E-state index >= 15 is 0 Å². The van der Waals surface area contributed by atoms with E-state index in [4.69, 9.17) is 5.73 Å². The molecule has 2 N–H and O–H groups in total. The SMILES string of the molecule is NC[C@H]1CCN(C(=O)c2ccc(F)cc2Br)C1. The number of carbonyl (C=O) groups is 1. The maximum Gasteiger partial charge on any atom is 0.255 e. The van der Waals surface area contributed by atoms with Crippen molar-refractivity contribution in [2.24, 2.45) is 11.7 Å². The molecule has 1 aromatic carbocycles. The number of hydrogen-bond donors (Lipinski definition) is 1. The topological polar surface area (TPSA) is 46.3 Å². The molecule has 1 heterocycles. The molecule has 0 unspecified atom stereocenters. The second kappa shape index (κ2) is 5.14. The second-order valence-electron chi connectivity index (χ2n) is 4.27. The Morgan fingerprint density at radius 2 is 2.35 bits per heavy atom. The predicted molar refractivity (Wildman–Crippen MR) is 67.2 cm³/mol. The predicted octanol–water partition coefficient (Wildman–Crippen LogP) is 2.01. The third-order valence-corrected chi connectivity index (χ3v) is 3.72. The molecule has 3 nitrogen and oxygen atoms in total. The molecule has 1 aromatic rings. The highest BCUT2D eigenvalue weighted by Gasteiger charge is 2.26. The van der Waals surface area contributed by atoms with E-state index in [1.54, 1.807) is 4.90 Å². The van der Waals surface area contributed by atoms with Gasteiger partial charge < -0.3 is 10.6 Å². The van der Waals surface area contributed by atoms with Crippen LogP contribution in [0.25, 0.3) is 0 Å². The molecule has 0 saturated carbocycles. The zero-order chi connectivity index (χ0) is 12.4. The Morgan fingerprint density at radius 3 is 2.94 bits per heavy atom. The summed E-state index contributed by atoms with van der Waals surface area (Å²) in [5.41, 5.74) is 6.09. The van der Waals surface area contributed by atoms with Crippen LogP contribution >= 0.6 is 15.9 Å². The molecule has 0 spiro atoms. The third kappa shape index (κ3) is 2.66. The summed E-state index contributed by atoms with van der Waals surface area (Å²) in [6.45, 7) is 2.03. The number of hydrogen-bond acceptors (Lipinski definition) is 2. The number of carbonyl (C=O) groups excluding carboxylic acids is 1. The van der Waals surface area contributed by atoms with Crippen LogP contribution in [0.15, 0.2) is 22.7 Å². The lowest BCUT2D eigenvalue weighted by molar-refractivity contribution is 0.0786. The minimum Gasteiger partial charge on any atom is -0.338 e. The van der Waals surface area contributed by atoms with Crippen LogP contribution in [-0.4, -0.2) is 30.4 Å². The first-order valence-electron chi connectivity index (χ1n) is 5.56. The standard InChI is InChI=1S/C12H14BrFN2O/c13-11-5-9(14)1-2-10(11)12(17)16-4-3-8(6-15)7-16/h1-2,5,8H,3-4,6-7,15H2/t8-/m1/s1. The van der Waals surface area contributed by atoms with E-state index in [0.717, 1.165) is 13.0 Å². The Balaban J connectivity index is 2.15. The van der Waals surface area contributed by atoms with Crippen LogP contribution in [0.5, 0.6) is 0 Å². The van der Waals surface area contributed by atoms with Crippen LogP contribution in [0.1, 0.15) is 16.8 Å². The molecule has 1 fully saturated rings. The molecule has 17 heavy (non-hydrogen) atoms. The fourth-order valence-electron chi connectivity index (χ4n) is 2.04. The summed E-state index contributed by atoms with van der Waals surface area (Å²) in [4.78, 5) is 13.9. The molecule has 1 atom stereocenters. The lowest BCUT2D eigenvalue weighted by atomic mass is 10.1. The first-order valence-corrected chi connectivity index (χ1v) is 6.35. The van der Waals surface area contributed by atoms with Crippen LogP contribution in [0.4, 0.5) is 4.39 Å². The van der Waals surface area contributed by atoms with Crippen LogP contribution < -0.4 is 5.73 Å². The molecule has 5 heteroatoms. The summed E-state index contributed by atoms with van der Waals surface area (Å²) in [5.74, 6) is -0.0271. The van der Waals surface area contributed by atoms with Gasteiger partial charge >= 0.3 is 0 Å².